The normalized spacial score (nSPS) is 11.6. The summed E-state index contributed by atoms with van der Waals surface area (Å²) in [4.78, 5) is 0. The zero-order valence-corrected chi connectivity index (χ0v) is 13.5. The summed E-state index contributed by atoms with van der Waals surface area (Å²) in [7, 11) is -0.350. The number of hydrogen-bond acceptors (Lipinski definition) is 4. The Morgan fingerprint density at radius 1 is 1.24 bits per heavy atom. The number of hydrogen-bond donors (Lipinski definition) is 2. The van der Waals surface area contributed by atoms with E-state index in [1.54, 1.807) is 14.1 Å². The Hall–Kier alpha value is -1.86. The highest BCUT2D eigenvalue weighted by atomic mass is 32.2. The standard InChI is InChI=1S/C14H20N4O2S/c1-10-5-11(2)7-13(6-10)18(4)21(19,20)14-12(8-15-3)9-16-17-14/h5-7,9,15H,8H2,1-4H3,(H,16,17). The number of aryl methyl sites for hydroxylation is 2. The van der Waals surface area contributed by atoms with Gasteiger partial charge in [0.05, 0.1) is 11.9 Å². The van der Waals surface area contributed by atoms with Crippen LogP contribution in [0.3, 0.4) is 0 Å². The Morgan fingerprint density at radius 3 is 2.43 bits per heavy atom. The van der Waals surface area contributed by atoms with E-state index in [0.29, 0.717) is 17.8 Å². The minimum atomic E-state index is -3.66. The Labute approximate surface area is 125 Å². The first kappa shape index (κ1) is 15.5. The Bertz CT molecular complexity index is 717. The van der Waals surface area contributed by atoms with Gasteiger partial charge in [0.1, 0.15) is 0 Å². The van der Waals surface area contributed by atoms with Crippen molar-refractivity contribution in [3.05, 3.63) is 41.1 Å². The van der Waals surface area contributed by atoms with Gasteiger partial charge in [-0.15, -0.1) is 0 Å². The number of nitrogens with one attached hydrogen (secondary N) is 2. The molecule has 0 aliphatic heterocycles. The van der Waals surface area contributed by atoms with Crippen molar-refractivity contribution in [2.24, 2.45) is 0 Å². The molecule has 0 bridgehead atoms. The van der Waals surface area contributed by atoms with Crippen LogP contribution in [-0.2, 0) is 16.6 Å². The molecule has 0 radical (unpaired) electrons. The fraction of sp³-hybridized carbons (Fsp3) is 0.357. The molecular weight excluding hydrogens is 288 g/mol. The summed E-state index contributed by atoms with van der Waals surface area (Å²) < 4.78 is 26.8. The average molecular weight is 308 g/mol. The molecule has 0 atom stereocenters. The third-order valence-electron chi connectivity index (χ3n) is 3.23. The SMILES string of the molecule is CNCc1cn[nH]c1S(=O)(=O)N(C)c1cc(C)cc(C)c1. The molecule has 0 saturated carbocycles. The molecule has 0 saturated heterocycles. The van der Waals surface area contributed by atoms with Crippen molar-refractivity contribution in [1.29, 1.82) is 0 Å². The highest BCUT2D eigenvalue weighted by Gasteiger charge is 2.26. The second-order valence-corrected chi connectivity index (χ2v) is 6.98. The lowest BCUT2D eigenvalue weighted by molar-refractivity contribution is 0.588. The van der Waals surface area contributed by atoms with Crippen LogP contribution in [0.15, 0.2) is 29.4 Å². The molecule has 114 valence electrons. The summed E-state index contributed by atoms with van der Waals surface area (Å²) in [5.74, 6) is 0. The van der Waals surface area contributed by atoms with E-state index in [4.69, 9.17) is 0 Å². The molecule has 2 aromatic rings. The second kappa shape index (κ2) is 5.87. The van der Waals surface area contributed by atoms with Crippen LogP contribution in [0.5, 0.6) is 0 Å². The second-order valence-electron chi connectivity index (χ2n) is 5.07. The number of aromatic nitrogens is 2. The molecule has 7 heteroatoms. The van der Waals surface area contributed by atoms with Gasteiger partial charge in [0.25, 0.3) is 10.0 Å². The number of benzene rings is 1. The lowest BCUT2D eigenvalue weighted by Crippen LogP contribution is -2.28. The number of anilines is 1. The van der Waals surface area contributed by atoms with Crippen molar-refractivity contribution < 1.29 is 8.42 Å². The number of nitrogens with zero attached hydrogens (tertiary/aromatic N) is 2. The third kappa shape index (κ3) is 3.08. The van der Waals surface area contributed by atoms with E-state index >= 15 is 0 Å². The molecule has 1 aromatic heterocycles. The fourth-order valence-corrected chi connectivity index (χ4v) is 3.53. The van der Waals surface area contributed by atoms with Crippen molar-refractivity contribution in [1.82, 2.24) is 15.5 Å². The molecule has 0 fully saturated rings. The Kier molecular flexibility index (Phi) is 4.34. The van der Waals surface area contributed by atoms with Gasteiger partial charge in [-0.3, -0.25) is 9.40 Å². The molecule has 1 heterocycles. The van der Waals surface area contributed by atoms with Crippen LogP contribution in [0, 0.1) is 13.8 Å². The Morgan fingerprint density at radius 2 is 1.86 bits per heavy atom. The summed E-state index contributed by atoms with van der Waals surface area (Å²) in [5.41, 5.74) is 3.30. The van der Waals surface area contributed by atoms with Gasteiger partial charge in [-0.25, -0.2) is 0 Å². The van der Waals surface area contributed by atoms with E-state index in [1.807, 2.05) is 32.0 Å². The maximum Gasteiger partial charge on any atom is 0.281 e. The molecular formula is C14H20N4O2S. The van der Waals surface area contributed by atoms with E-state index in [2.05, 4.69) is 15.5 Å². The van der Waals surface area contributed by atoms with E-state index in [0.717, 1.165) is 11.1 Å². The molecule has 2 rings (SSSR count). The molecule has 0 aliphatic carbocycles. The molecule has 21 heavy (non-hydrogen) atoms. The predicted octanol–water partition coefficient (Wildman–Crippen LogP) is 1.57. The number of H-pyrrole nitrogens is 1. The first-order chi connectivity index (χ1) is 9.86. The number of aromatic amines is 1. The molecule has 0 aliphatic rings. The highest BCUT2D eigenvalue weighted by molar-refractivity contribution is 7.92. The van der Waals surface area contributed by atoms with Gasteiger partial charge in [-0.1, -0.05) is 6.07 Å². The maximum atomic E-state index is 12.7. The first-order valence-corrected chi connectivity index (χ1v) is 8.04. The number of rotatable bonds is 5. The van der Waals surface area contributed by atoms with Crippen LogP contribution in [0.25, 0.3) is 0 Å². The lowest BCUT2D eigenvalue weighted by Gasteiger charge is -2.20. The van der Waals surface area contributed by atoms with Crippen molar-refractivity contribution in [2.75, 3.05) is 18.4 Å². The minimum absolute atomic E-state index is 0.124. The van der Waals surface area contributed by atoms with Crippen molar-refractivity contribution in [3.63, 3.8) is 0 Å². The van der Waals surface area contributed by atoms with Gasteiger partial charge in [0.2, 0.25) is 0 Å². The van der Waals surface area contributed by atoms with Crippen molar-refractivity contribution >= 4 is 15.7 Å². The van der Waals surface area contributed by atoms with Crippen molar-refractivity contribution in [3.8, 4) is 0 Å². The maximum absolute atomic E-state index is 12.7. The van der Waals surface area contributed by atoms with Crippen LogP contribution in [0.4, 0.5) is 5.69 Å². The van der Waals surface area contributed by atoms with Crippen LogP contribution >= 0.6 is 0 Å². The first-order valence-electron chi connectivity index (χ1n) is 6.60. The molecule has 6 nitrogen and oxygen atoms in total. The van der Waals surface area contributed by atoms with E-state index in [-0.39, 0.29) is 5.03 Å². The summed E-state index contributed by atoms with van der Waals surface area (Å²) >= 11 is 0. The van der Waals surface area contributed by atoms with Crippen LogP contribution in [0.2, 0.25) is 0 Å². The quantitative estimate of drug-likeness (QED) is 0.879. The molecule has 1 aromatic carbocycles. The molecule has 2 N–H and O–H groups in total. The van der Waals surface area contributed by atoms with Gasteiger partial charge in [-0.2, -0.15) is 13.5 Å². The van der Waals surface area contributed by atoms with Crippen LogP contribution in [0.1, 0.15) is 16.7 Å². The van der Waals surface area contributed by atoms with Gasteiger partial charge in [0, 0.05) is 19.2 Å². The summed E-state index contributed by atoms with van der Waals surface area (Å²) in [5, 5.41) is 9.50. The molecule has 0 amide bonds. The van der Waals surface area contributed by atoms with Gasteiger partial charge >= 0.3 is 0 Å². The van der Waals surface area contributed by atoms with Gasteiger partial charge in [0.15, 0.2) is 5.03 Å². The smallest absolute Gasteiger partial charge is 0.281 e. The van der Waals surface area contributed by atoms with Crippen LogP contribution in [-0.4, -0.2) is 32.7 Å². The molecule has 0 unspecified atom stereocenters. The van der Waals surface area contributed by atoms with Crippen molar-refractivity contribution in [2.45, 2.75) is 25.4 Å². The summed E-state index contributed by atoms with van der Waals surface area (Å²) in [6.07, 6.45) is 1.53. The largest absolute Gasteiger partial charge is 0.316 e. The summed E-state index contributed by atoms with van der Waals surface area (Å²) in [6, 6.07) is 5.70. The minimum Gasteiger partial charge on any atom is -0.316 e. The Balaban J connectivity index is 2.45. The van der Waals surface area contributed by atoms with E-state index in [9.17, 15) is 8.42 Å². The topological polar surface area (TPSA) is 78.1 Å². The summed E-state index contributed by atoms with van der Waals surface area (Å²) in [6.45, 7) is 4.32. The van der Waals surface area contributed by atoms with Gasteiger partial charge < -0.3 is 5.32 Å². The number of sulfonamides is 1. The third-order valence-corrected chi connectivity index (χ3v) is 5.04. The van der Waals surface area contributed by atoms with Crippen LogP contribution < -0.4 is 9.62 Å². The van der Waals surface area contributed by atoms with E-state index in [1.165, 1.54) is 10.5 Å². The monoisotopic (exact) mass is 308 g/mol. The highest BCUT2D eigenvalue weighted by Crippen LogP contribution is 2.24. The zero-order valence-electron chi connectivity index (χ0n) is 12.6. The predicted molar refractivity (Wildman–Crippen MR) is 82.9 cm³/mol. The zero-order chi connectivity index (χ0) is 15.6. The average Bonchev–Trinajstić information content (AvgIpc) is 2.86. The molecule has 0 spiro atoms. The fourth-order valence-electron chi connectivity index (χ4n) is 2.25. The van der Waals surface area contributed by atoms with Gasteiger partial charge in [-0.05, 0) is 44.2 Å². The van der Waals surface area contributed by atoms with E-state index < -0.39 is 10.0 Å². The lowest BCUT2D eigenvalue weighted by atomic mass is 10.1.